The predicted molar refractivity (Wildman–Crippen MR) is 26.0 cm³/mol. The smallest absolute Gasteiger partial charge is 0.0948 e. The fourth-order valence-corrected chi connectivity index (χ4v) is 0.350. The van der Waals surface area contributed by atoms with Gasteiger partial charge >= 0.3 is 0 Å². The molecule has 0 unspecified atom stereocenters. The van der Waals surface area contributed by atoms with Gasteiger partial charge in [-0.2, -0.15) is 0 Å². The molecule has 0 aromatic rings. The molecule has 0 heterocycles. The van der Waals surface area contributed by atoms with Crippen molar-refractivity contribution in [2.24, 2.45) is 5.92 Å². The van der Waals surface area contributed by atoms with Crippen LogP contribution in [0, 0.1) is 5.92 Å². The van der Waals surface area contributed by atoms with Crippen molar-refractivity contribution in [3.05, 3.63) is 0 Å². The summed E-state index contributed by atoms with van der Waals surface area (Å²) in [7, 11) is 0. The summed E-state index contributed by atoms with van der Waals surface area (Å²) < 4.78 is 34.2. The molecule has 0 N–H and O–H groups in total. The van der Waals surface area contributed by atoms with Crippen molar-refractivity contribution in [3.63, 3.8) is 0 Å². The van der Waals surface area contributed by atoms with E-state index in [0.29, 0.717) is 0 Å². The monoisotopic (exact) mass is 126 g/mol. The molecule has 50 valence electrons. The second-order valence-electron chi connectivity index (χ2n) is 1.65. The zero-order valence-electron chi connectivity index (χ0n) is 4.54. The highest BCUT2D eigenvalue weighted by Crippen LogP contribution is 2.03. The molecule has 0 fully saturated rings. The van der Waals surface area contributed by atoms with Crippen LogP contribution in [0.5, 0.6) is 0 Å². The summed E-state index contributed by atoms with van der Waals surface area (Å²) in [6.07, 6.45) is 0.00694. The van der Waals surface area contributed by atoms with Gasteiger partial charge in [0.1, 0.15) is 0 Å². The van der Waals surface area contributed by atoms with Gasteiger partial charge in [0.25, 0.3) is 0 Å². The van der Waals surface area contributed by atoms with E-state index >= 15 is 0 Å². The summed E-state index contributed by atoms with van der Waals surface area (Å²) in [6, 6.07) is 0. The quantitative estimate of drug-likeness (QED) is 0.539. The summed E-state index contributed by atoms with van der Waals surface area (Å²) >= 11 is 0. The van der Waals surface area contributed by atoms with Gasteiger partial charge in [-0.05, 0) is 6.42 Å². The maximum atomic E-state index is 11.4. The van der Waals surface area contributed by atoms with Crippen LogP contribution in [0.4, 0.5) is 13.2 Å². The normalized spacial score (nSPS) is 10.5. The molecule has 0 spiro atoms. The molecular formula is C5H9F3. The first-order valence-electron chi connectivity index (χ1n) is 2.53. The first-order chi connectivity index (χ1) is 3.85. The highest BCUT2D eigenvalue weighted by atomic mass is 19.1. The number of hydrogen-bond acceptors (Lipinski definition) is 0. The molecule has 8 heavy (non-hydrogen) atoms. The molecule has 0 aliphatic carbocycles. The molecular weight excluding hydrogens is 117 g/mol. The van der Waals surface area contributed by atoms with Crippen molar-refractivity contribution < 1.29 is 13.2 Å². The number of alkyl halides is 3. The summed E-state index contributed by atoms with van der Waals surface area (Å²) in [5, 5.41) is 0. The van der Waals surface area contributed by atoms with Gasteiger partial charge in [-0.25, -0.2) is 0 Å². The van der Waals surface area contributed by atoms with Gasteiger partial charge in [0.05, 0.1) is 20.0 Å². The molecule has 0 amide bonds. The van der Waals surface area contributed by atoms with E-state index < -0.39 is 25.9 Å². The molecule has 0 atom stereocenters. The van der Waals surface area contributed by atoms with Crippen LogP contribution in [0.15, 0.2) is 0 Å². The minimum Gasteiger partial charge on any atom is -0.251 e. The molecule has 0 aliphatic rings. The van der Waals surface area contributed by atoms with Gasteiger partial charge < -0.3 is 0 Å². The second kappa shape index (κ2) is 4.94. The van der Waals surface area contributed by atoms with E-state index in [0.717, 1.165) is 0 Å². The van der Waals surface area contributed by atoms with E-state index in [1.165, 1.54) is 0 Å². The van der Waals surface area contributed by atoms with Crippen LogP contribution in [0.25, 0.3) is 0 Å². The van der Waals surface area contributed by atoms with Gasteiger partial charge in [-0.3, -0.25) is 13.2 Å². The molecule has 0 saturated carbocycles. The third-order valence-corrected chi connectivity index (χ3v) is 0.954. The molecule has 0 aromatic carbocycles. The number of hydrogen-bond donors (Lipinski definition) is 0. The summed E-state index contributed by atoms with van der Waals surface area (Å²) in [5.74, 6) is -0.708. The number of halogens is 3. The first kappa shape index (κ1) is 7.79. The average molecular weight is 126 g/mol. The Morgan fingerprint density at radius 1 is 1.00 bits per heavy atom. The Balaban J connectivity index is 3.07. The number of rotatable bonds is 4. The maximum Gasteiger partial charge on any atom is 0.0948 e. The second-order valence-corrected chi connectivity index (χ2v) is 1.65. The van der Waals surface area contributed by atoms with E-state index in [-0.39, 0.29) is 6.42 Å². The van der Waals surface area contributed by atoms with Gasteiger partial charge in [0.2, 0.25) is 0 Å². The van der Waals surface area contributed by atoms with E-state index in [2.05, 4.69) is 0 Å². The van der Waals surface area contributed by atoms with Crippen LogP contribution < -0.4 is 0 Å². The third kappa shape index (κ3) is 2.88. The summed E-state index contributed by atoms with van der Waals surface area (Å²) in [5.41, 5.74) is 0. The van der Waals surface area contributed by atoms with Crippen LogP contribution in [-0.4, -0.2) is 20.0 Å². The predicted octanol–water partition coefficient (Wildman–Crippen LogP) is 1.90. The maximum absolute atomic E-state index is 11.4. The zero-order chi connectivity index (χ0) is 6.41. The molecule has 0 radical (unpaired) electrons. The van der Waals surface area contributed by atoms with Crippen LogP contribution in [0.3, 0.4) is 0 Å². The molecule has 0 nitrogen and oxygen atoms in total. The van der Waals surface area contributed by atoms with Gasteiger partial charge in [-0.15, -0.1) is 0 Å². The lowest BCUT2D eigenvalue weighted by molar-refractivity contribution is 0.256. The minimum atomic E-state index is -0.750. The minimum absolute atomic E-state index is 0.00694. The van der Waals surface area contributed by atoms with Crippen molar-refractivity contribution in [2.75, 3.05) is 20.0 Å². The van der Waals surface area contributed by atoms with Crippen molar-refractivity contribution in [3.8, 4) is 0 Å². The third-order valence-electron chi connectivity index (χ3n) is 0.954. The van der Waals surface area contributed by atoms with Crippen LogP contribution in [0.2, 0.25) is 0 Å². The van der Waals surface area contributed by atoms with Gasteiger partial charge in [0.15, 0.2) is 0 Å². The van der Waals surface area contributed by atoms with Crippen molar-refractivity contribution in [1.82, 2.24) is 0 Å². The molecule has 0 aromatic heterocycles. The Kier molecular flexibility index (Phi) is 4.81. The van der Waals surface area contributed by atoms with Crippen molar-refractivity contribution >= 4 is 0 Å². The van der Waals surface area contributed by atoms with Crippen molar-refractivity contribution in [1.29, 1.82) is 0 Å². The highest BCUT2D eigenvalue weighted by molar-refractivity contribution is 4.53. The van der Waals surface area contributed by atoms with Crippen molar-refractivity contribution in [2.45, 2.75) is 6.42 Å². The first-order valence-corrected chi connectivity index (χ1v) is 2.53. The van der Waals surface area contributed by atoms with Gasteiger partial charge in [-0.1, -0.05) is 0 Å². The van der Waals surface area contributed by atoms with E-state index in [1.807, 2.05) is 0 Å². The average Bonchev–Trinajstić information content (AvgIpc) is 1.83. The Hall–Kier alpha value is -0.210. The largest absolute Gasteiger partial charge is 0.251 e. The van der Waals surface area contributed by atoms with Crippen LogP contribution >= 0.6 is 0 Å². The summed E-state index contributed by atoms with van der Waals surface area (Å²) in [6.45, 7) is -2.13. The molecule has 0 aliphatic heterocycles. The molecule has 0 rings (SSSR count). The molecule has 0 saturated heterocycles. The van der Waals surface area contributed by atoms with Gasteiger partial charge in [0, 0.05) is 5.92 Å². The topological polar surface area (TPSA) is 0 Å². The lowest BCUT2D eigenvalue weighted by Crippen LogP contribution is -2.05. The lowest BCUT2D eigenvalue weighted by atomic mass is 10.1. The zero-order valence-corrected chi connectivity index (χ0v) is 4.54. The SMILES string of the molecule is FCCC(CF)CF. The lowest BCUT2D eigenvalue weighted by Gasteiger charge is -2.02. The Bertz CT molecular complexity index is 42.9. The fraction of sp³-hybridized carbons (Fsp3) is 1.00. The Morgan fingerprint density at radius 2 is 1.50 bits per heavy atom. The van der Waals surface area contributed by atoms with Crippen LogP contribution in [0.1, 0.15) is 6.42 Å². The Morgan fingerprint density at radius 3 is 1.62 bits per heavy atom. The summed E-state index contributed by atoms with van der Waals surface area (Å²) in [4.78, 5) is 0. The highest BCUT2D eigenvalue weighted by Gasteiger charge is 2.05. The molecule has 0 bridgehead atoms. The standard InChI is InChI=1S/C5H9F3/c6-2-1-5(3-7)4-8/h5H,1-4H2. The van der Waals surface area contributed by atoms with E-state index in [1.54, 1.807) is 0 Å². The fourth-order valence-electron chi connectivity index (χ4n) is 0.350. The van der Waals surface area contributed by atoms with E-state index in [4.69, 9.17) is 0 Å². The molecule has 3 heteroatoms. The van der Waals surface area contributed by atoms with Crippen LogP contribution in [-0.2, 0) is 0 Å². The van der Waals surface area contributed by atoms with E-state index in [9.17, 15) is 13.2 Å². The Labute approximate surface area is 46.7 Å².